The standard InChI is InChI=1S/C25H32N2O/c1-18-8-7-16-27(18)17-15-22-23(25(26)28)14-13-21(19-9-3-2-4-10-19)24(22)20-11-5-6-12-20/h2-4,9-10,13-14,18,20H,5-8,11-12,15-17H2,1H3,(H2,26,28)/t18-/m1/s1. The number of nitrogens with two attached hydrogens (primary N) is 1. The van der Waals surface area contributed by atoms with Crippen LogP contribution in [0.4, 0.5) is 0 Å². The summed E-state index contributed by atoms with van der Waals surface area (Å²) in [5.74, 6) is 0.254. The van der Waals surface area contributed by atoms with Gasteiger partial charge in [0.2, 0.25) is 5.91 Å². The summed E-state index contributed by atoms with van der Waals surface area (Å²) in [5.41, 5.74) is 11.7. The Balaban J connectivity index is 1.78. The molecule has 0 spiro atoms. The minimum Gasteiger partial charge on any atom is -0.366 e. The molecule has 1 atom stereocenters. The Labute approximate surface area is 168 Å². The maximum Gasteiger partial charge on any atom is 0.248 e. The van der Waals surface area contributed by atoms with Crippen molar-refractivity contribution in [1.82, 2.24) is 4.90 Å². The van der Waals surface area contributed by atoms with Gasteiger partial charge in [0.05, 0.1) is 0 Å². The van der Waals surface area contributed by atoms with Crippen molar-refractivity contribution < 1.29 is 4.79 Å². The van der Waals surface area contributed by atoms with E-state index in [1.165, 1.54) is 67.3 Å². The first-order valence-corrected chi connectivity index (χ1v) is 10.9. The van der Waals surface area contributed by atoms with Crippen LogP contribution in [0.5, 0.6) is 0 Å². The molecule has 3 heteroatoms. The first-order valence-electron chi connectivity index (χ1n) is 10.9. The van der Waals surface area contributed by atoms with Crippen LogP contribution >= 0.6 is 0 Å². The average molecular weight is 377 g/mol. The van der Waals surface area contributed by atoms with Gasteiger partial charge in [0.25, 0.3) is 0 Å². The number of primary amides is 1. The topological polar surface area (TPSA) is 46.3 Å². The molecule has 2 aromatic rings. The molecular formula is C25H32N2O. The molecule has 0 bridgehead atoms. The third-order valence-electron chi connectivity index (χ3n) is 6.81. The fourth-order valence-electron chi connectivity index (χ4n) is 5.30. The van der Waals surface area contributed by atoms with E-state index in [9.17, 15) is 4.79 Å². The summed E-state index contributed by atoms with van der Waals surface area (Å²) in [4.78, 5) is 14.9. The summed E-state index contributed by atoms with van der Waals surface area (Å²) in [7, 11) is 0. The lowest BCUT2D eigenvalue weighted by molar-refractivity contribution is 0.0999. The lowest BCUT2D eigenvalue weighted by atomic mass is 9.82. The molecule has 1 aliphatic carbocycles. The molecule has 2 fully saturated rings. The molecule has 3 nitrogen and oxygen atoms in total. The van der Waals surface area contributed by atoms with Crippen molar-refractivity contribution in [1.29, 1.82) is 0 Å². The maximum absolute atomic E-state index is 12.3. The van der Waals surface area contributed by atoms with Gasteiger partial charge in [-0.1, -0.05) is 49.2 Å². The number of hydrogen-bond donors (Lipinski definition) is 1. The molecule has 0 radical (unpaired) electrons. The smallest absolute Gasteiger partial charge is 0.248 e. The van der Waals surface area contributed by atoms with Crippen molar-refractivity contribution in [3.05, 3.63) is 59.2 Å². The molecule has 1 saturated carbocycles. The van der Waals surface area contributed by atoms with Crippen molar-refractivity contribution in [2.24, 2.45) is 5.73 Å². The highest BCUT2D eigenvalue weighted by Crippen LogP contribution is 2.42. The van der Waals surface area contributed by atoms with Crippen LogP contribution in [0.2, 0.25) is 0 Å². The molecule has 2 aromatic carbocycles. The van der Waals surface area contributed by atoms with Gasteiger partial charge in [0.1, 0.15) is 0 Å². The number of likely N-dealkylation sites (tertiary alicyclic amines) is 1. The molecular weight excluding hydrogens is 344 g/mol. The van der Waals surface area contributed by atoms with Gasteiger partial charge >= 0.3 is 0 Å². The summed E-state index contributed by atoms with van der Waals surface area (Å²) in [6, 6.07) is 15.4. The number of nitrogens with zero attached hydrogens (tertiary/aromatic N) is 1. The Morgan fingerprint density at radius 2 is 1.79 bits per heavy atom. The van der Waals surface area contributed by atoms with Crippen molar-refractivity contribution in [3.63, 3.8) is 0 Å². The van der Waals surface area contributed by atoms with E-state index in [1.54, 1.807) is 0 Å². The van der Waals surface area contributed by atoms with E-state index >= 15 is 0 Å². The summed E-state index contributed by atoms with van der Waals surface area (Å²) in [6.07, 6.45) is 8.47. The first-order chi connectivity index (χ1) is 13.6. The Kier molecular flexibility index (Phi) is 5.82. The second-order valence-corrected chi connectivity index (χ2v) is 8.54. The average Bonchev–Trinajstić information content (AvgIpc) is 3.38. The van der Waals surface area contributed by atoms with Crippen LogP contribution in [-0.2, 0) is 6.42 Å². The normalized spacial score (nSPS) is 20.7. The zero-order valence-electron chi connectivity index (χ0n) is 17.0. The van der Waals surface area contributed by atoms with E-state index in [4.69, 9.17) is 5.73 Å². The van der Waals surface area contributed by atoms with E-state index < -0.39 is 0 Å². The molecule has 1 amide bonds. The van der Waals surface area contributed by atoms with E-state index in [2.05, 4.69) is 48.2 Å². The number of hydrogen-bond acceptors (Lipinski definition) is 2. The van der Waals surface area contributed by atoms with E-state index in [-0.39, 0.29) is 5.91 Å². The van der Waals surface area contributed by atoms with Gasteiger partial charge in [-0.05, 0) is 79.8 Å². The lowest BCUT2D eigenvalue weighted by Gasteiger charge is -2.26. The van der Waals surface area contributed by atoms with Crippen molar-refractivity contribution in [2.75, 3.05) is 13.1 Å². The van der Waals surface area contributed by atoms with Crippen LogP contribution < -0.4 is 5.73 Å². The van der Waals surface area contributed by atoms with Crippen LogP contribution in [0.1, 0.15) is 72.9 Å². The van der Waals surface area contributed by atoms with Gasteiger partial charge < -0.3 is 10.6 Å². The lowest BCUT2D eigenvalue weighted by Crippen LogP contribution is -2.30. The van der Waals surface area contributed by atoms with Crippen LogP contribution in [0.25, 0.3) is 11.1 Å². The number of carbonyl (C=O) groups is 1. The van der Waals surface area contributed by atoms with Gasteiger partial charge in [-0.3, -0.25) is 4.79 Å². The SMILES string of the molecule is C[C@@H]1CCCN1CCc1c(C(N)=O)ccc(-c2ccccc2)c1C1CCCC1. The second-order valence-electron chi connectivity index (χ2n) is 8.54. The molecule has 0 unspecified atom stereocenters. The molecule has 28 heavy (non-hydrogen) atoms. The molecule has 148 valence electrons. The summed E-state index contributed by atoms with van der Waals surface area (Å²) < 4.78 is 0. The second kappa shape index (κ2) is 8.48. The fraction of sp³-hybridized carbons (Fsp3) is 0.480. The van der Waals surface area contributed by atoms with Gasteiger partial charge in [-0.25, -0.2) is 0 Å². The van der Waals surface area contributed by atoms with Crippen LogP contribution in [0.3, 0.4) is 0 Å². The van der Waals surface area contributed by atoms with Crippen LogP contribution in [-0.4, -0.2) is 29.9 Å². The minimum absolute atomic E-state index is 0.289. The zero-order chi connectivity index (χ0) is 19.5. The van der Waals surface area contributed by atoms with E-state index in [1.807, 2.05) is 6.07 Å². The number of rotatable bonds is 6. The molecule has 1 saturated heterocycles. The summed E-state index contributed by atoms with van der Waals surface area (Å²) in [6.45, 7) is 4.50. The number of amides is 1. The van der Waals surface area contributed by atoms with Crippen molar-refractivity contribution in [3.8, 4) is 11.1 Å². The molecule has 1 heterocycles. The van der Waals surface area contributed by atoms with Crippen molar-refractivity contribution in [2.45, 2.75) is 63.8 Å². The van der Waals surface area contributed by atoms with Gasteiger partial charge in [0.15, 0.2) is 0 Å². The summed E-state index contributed by atoms with van der Waals surface area (Å²) >= 11 is 0. The largest absolute Gasteiger partial charge is 0.366 e. The highest BCUT2D eigenvalue weighted by Gasteiger charge is 2.27. The molecule has 1 aliphatic heterocycles. The summed E-state index contributed by atoms with van der Waals surface area (Å²) in [5, 5.41) is 0. The Morgan fingerprint density at radius 3 is 2.43 bits per heavy atom. The Hall–Kier alpha value is -2.13. The molecule has 4 rings (SSSR count). The Bertz CT molecular complexity index is 824. The van der Waals surface area contributed by atoms with Crippen molar-refractivity contribution >= 4 is 5.91 Å². The van der Waals surface area contributed by atoms with E-state index in [0.717, 1.165) is 18.5 Å². The molecule has 2 N–H and O–H groups in total. The quantitative estimate of drug-likeness (QED) is 0.759. The third kappa shape index (κ3) is 3.86. The third-order valence-corrected chi connectivity index (χ3v) is 6.81. The number of benzene rings is 2. The highest BCUT2D eigenvalue weighted by molar-refractivity contribution is 5.96. The number of carbonyl (C=O) groups excluding carboxylic acids is 1. The zero-order valence-corrected chi connectivity index (χ0v) is 17.0. The first kappa shape index (κ1) is 19.2. The van der Waals surface area contributed by atoms with Gasteiger partial charge in [0, 0.05) is 18.2 Å². The molecule has 2 aliphatic rings. The predicted molar refractivity (Wildman–Crippen MR) is 116 cm³/mol. The maximum atomic E-state index is 12.3. The van der Waals surface area contributed by atoms with E-state index in [0.29, 0.717) is 12.0 Å². The molecule has 0 aromatic heterocycles. The fourth-order valence-corrected chi connectivity index (χ4v) is 5.30. The Morgan fingerprint density at radius 1 is 1.04 bits per heavy atom. The minimum atomic E-state index is -0.289. The van der Waals surface area contributed by atoms with Crippen LogP contribution in [0, 0.1) is 0 Å². The predicted octanol–water partition coefficient (Wildman–Crippen LogP) is 5.14. The highest BCUT2D eigenvalue weighted by atomic mass is 16.1. The van der Waals surface area contributed by atoms with Gasteiger partial charge in [-0.2, -0.15) is 0 Å². The van der Waals surface area contributed by atoms with Gasteiger partial charge in [-0.15, -0.1) is 0 Å². The monoisotopic (exact) mass is 376 g/mol. The van der Waals surface area contributed by atoms with Crippen LogP contribution in [0.15, 0.2) is 42.5 Å².